The third-order valence-electron chi connectivity index (χ3n) is 2.65. The van der Waals surface area contributed by atoms with Gasteiger partial charge in [-0.15, -0.1) is 22.7 Å². The molecule has 0 atom stereocenters. The number of amides is 1. The summed E-state index contributed by atoms with van der Waals surface area (Å²) in [6.45, 7) is 5.63. The normalized spacial score (nSPS) is 12.0. The molecule has 0 aliphatic rings. The van der Waals surface area contributed by atoms with Crippen LogP contribution in [-0.4, -0.2) is 17.4 Å². The molecule has 2 aromatic rings. The van der Waals surface area contributed by atoms with Crippen molar-refractivity contribution in [3.8, 4) is 0 Å². The zero-order valence-corrected chi connectivity index (χ0v) is 14.9. The van der Waals surface area contributed by atoms with E-state index in [2.05, 4.69) is 5.32 Å². The van der Waals surface area contributed by atoms with Gasteiger partial charge in [0.2, 0.25) is 0 Å². The lowest BCUT2D eigenvalue weighted by Gasteiger charge is -2.21. The number of hydrogen-bond donors (Lipinski definition) is 1. The third kappa shape index (κ3) is 6.00. The molecule has 122 valence electrons. The van der Waals surface area contributed by atoms with Crippen molar-refractivity contribution in [2.45, 2.75) is 32.7 Å². The number of thiophene rings is 2. The average Bonchev–Trinajstić information content (AvgIpc) is 3.09. The first kappa shape index (κ1) is 17.4. The van der Waals surface area contributed by atoms with Crippen molar-refractivity contribution in [1.29, 1.82) is 0 Å². The molecular formula is C17H19NO3S2. The van der Waals surface area contributed by atoms with Crippen molar-refractivity contribution in [2.75, 3.05) is 0 Å². The lowest BCUT2D eigenvalue weighted by molar-refractivity contribution is -0.142. The molecule has 0 saturated carbocycles. The van der Waals surface area contributed by atoms with Crippen molar-refractivity contribution in [3.05, 3.63) is 50.5 Å². The van der Waals surface area contributed by atoms with E-state index in [0.717, 1.165) is 9.75 Å². The van der Waals surface area contributed by atoms with Crippen molar-refractivity contribution in [3.63, 3.8) is 0 Å². The van der Waals surface area contributed by atoms with Gasteiger partial charge in [0.1, 0.15) is 0 Å². The summed E-state index contributed by atoms with van der Waals surface area (Å²) in [6.07, 6.45) is 1.75. The topological polar surface area (TPSA) is 55.4 Å². The SMILES string of the molecule is CC(C)(C)NC(=O)/C(=C/c1cccs1)OC(=O)Cc1cccs1. The molecule has 0 saturated heterocycles. The molecule has 0 aliphatic heterocycles. The fraction of sp³-hybridized carbons (Fsp3) is 0.294. The molecule has 4 nitrogen and oxygen atoms in total. The molecule has 0 fully saturated rings. The van der Waals surface area contributed by atoms with Crippen molar-refractivity contribution >= 4 is 40.6 Å². The van der Waals surface area contributed by atoms with Crippen LogP contribution in [0.1, 0.15) is 30.5 Å². The van der Waals surface area contributed by atoms with Crippen LogP contribution in [0.4, 0.5) is 0 Å². The van der Waals surface area contributed by atoms with Gasteiger partial charge in [-0.25, -0.2) is 0 Å². The maximum atomic E-state index is 12.4. The quantitative estimate of drug-likeness (QED) is 0.507. The van der Waals surface area contributed by atoms with Crippen LogP contribution >= 0.6 is 22.7 Å². The van der Waals surface area contributed by atoms with E-state index in [0.29, 0.717) is 0 Å². The largest absolute Gasteiger partial charge is 0.420 e. The molecule has 23 heavy (non-hydrogen) atoms. The molecule has 0 bridgehead atoms. The van der Waals surface area contributed by atoms with Gasteiger partial charge in [-0.05, 0) is 43.7 Å². The Morgan fingerprint density at radius 1 is 1.17 bits per heavy atom. The highest BCUT2D eigenvalue weighted by Gasteiger charge is 2.21. The lowest BCUT2D eigenvalue weighted by Crippen LogP contribution is -2.42. The summed E-state index contributed by atoms with van der Waals surface area (Å²) in [5.74, 6) is -0.825. The van der Waals surface area contributed by atoms with Crippen molar-refractivity contribution < 1.29 is 14.3 Å². The number of nitrogens with one attached hydrogen (secondary N) is 1. The van der Waals surface area contributed by atoms with Gasteiger partial charge in [0, 0.05) is 21.4 Å². The fourth-order valence-electron chi connectivity index (χ4n) is 1.76. The van der Waals surface area contributed by atoms with E-state index in [4.69, 9.17) is 4.74 Å². The van der Waals surface area contributed by atoms with Crippen LogP contribution in [0.3, 0.4) is 0 Å². The molecule has 0 aromatic carbocycles. The van der Waals surface area contributed by atoms with Crippen LogP contribution in [0.5, 0.6) is 0 Å². The summed E-state index contributed by atoms with van der Waals surface area (Å²) in [5.41, 5.74) is -0.411. The van der Waals surface area contributed by atoms with E-state index in [-0.39, 0.29) is 12.2 Å². The Bertz CT molecular complexity index is 680. The van der Waals surface area contributed by atoms with Gasteiger partial charge in [-0.1, -0.05) is 12.1 Å². The van der Waals surface area contributed by atoms with Crippen LogP contribution in [0.15, 0.2) is 40.8 Å². The van der Waals surface area contributed by atoms with Crippen LogP contribution in [0.25, 0.3) is 6.08 Å². The second-order valence-corrected chi connectivity index (χ2v) is 7.97. The minimum Gasteiger partial charge on any atom is -0.420 e. The molecule has 2 aromatic heterocycles. The summed E-state index contributed by atoms with van der Waals surface area (Å²) < 4.78 is 5.33. The standard InChI is InChI=1S/C17H19NO3S2/c1-17(2,3)18-16(20)14(10-12-6-4-8-22-12)21-15(19)11-13-7-5-9-23-13/h4-10H,11H2,1-3H3,(H,18,20)/b14-10-. The molecule has 0 spiro atoms. The van der Waals surface area contributed by atoms with Gasteiger partial charge in [0.15, 0.2) is 5.76 Å². The predicted octanol–water partition coefficient (Wildman–Crippen LogP) is 3.85. The third-order valence-corrected chi connectivity index (χ3v) is 4.35. The molecule has 2 heterocycles. The van der Waals surface area contributed by atoms with Gasteiger partial charge < -0.3 is 10.1 Å². The van der Waals surface area contributed by atoms with Crippen LogP contribution in [0, 0.1) is 0 Å². The van der Waals surface area contributed by atoms with E-state index in [1.54, 1.807) is 6.08 Å². The number of esters is 1. The van der Waals surface area contributed by atoms with E-state index >= 15 is 0 Å². The number of ether oxygens (including phenoxy) is 1. The molecule has 1 amide bonds. The summed E-state index contributed by atoms with van der Waals surface area (Å²) in [6, 6.07) is 7.48. The first-order valence-corrected chi connectivity index (χ1v) is 8.90. The molecule has 0 aliphatic carbocycles. The minimum absolute atomic E-state index is 0.0175. The Hall–Kier alpha value is -1.92. The predicted molar refractivity (Wildman–Crippen MR) is 94.3 cm³/mol. The van der Waals surface area contributed by atoms with E-state index in [1.807, 2.05) is 55.8 Å². The van der Waals surface area contributed by atoms with E-state index in [1.165, 1.54) is 22.7 Å². The maximum absolute atomic E-state index is 12.4. The van der Waals surface area contributed by atoms with Crippen LogP contribution in [-0.2, 0) is 20.7 Å². The zero-order chi connectivity index (χ0) is 16.9. The van der Waals surface area contributed by atoms with Gasteiger partial charge in [-0.3, -0.25) is 9.59 Å². The molecular weight excluding hydrogens is 330 g/mol. The van der Waals surface area contributed by atoms with Gasteiger partial charge >= 0.3 is 5.97 Å². The average molecular weight is 349 g/mol. The first-order valence-electron chi connectivity index (χ1n) is 7.14. The maximum Gasteiger partial charge on any atom is 0.316 e. The smallest absolute Gasteiger partial charge is 0.316 e. The Morgan fingerprint density at radius 3 is 2.43 bits per heavy atom. The Morgan fingerprint density at radius 2 is 1.87 bits per heavy atom. The minimum atomic E-state index is -0.445. The molecule has 6 heteroatoms. The highest BCUT2D eigenvalue weighted by Crippen LogP contribution is 2.17. The van der Waals surface area contributed by atoms with Gasteiger partial charge in [0.05, 0.1) is 6.42 Å². The zero-order valence-electron chi connectivity index (χ0n) is 13.3. The molecule has 0 radical (unpaired) electrons. The Kier molecular flexibility index (Phi) is 5.74. The molecule has 1 N–H and O–H groups in total. The molecule has 0 unspecified atom stereocenters. The number of carbonyl (C=O) groups is 2. The summed E-state index contributed by atoms with van der Waals surface area (Å²) in [5, 5.41) is 6.62. The fourth-order valence-corrected chi connectivity index (χ4v) is 3.10. The summed E-state index contributed by atoms with van der Waals surface area (Å²) in [4.78, 5) is 26.2. The number of carbonyl (C=O) groups excluding carboxylic acids is 2. The molecule has 2 rings (SSSR count). The highest BCUT2D eigenvalue weighted by molar-refractivity contribution is 7.10. The second kappa shape index (κ2) is 7.57. The van der Waals surface area contributed by atoms with E-state index in [9.17, 15) is 9.59 Å². The number of hydrogen-bond acceptors (Lipinski definition) is 5. The summed E-state index contributed by atoms with van der Waals surface area (Å²) in [7, 11) is 0. The highest BCUT2D eigenvalue weighted by atomic mass is 32.1. The lowest BCUT2D eigenvalue weighted by atomic mass is 10.1. The van der Waals surface area contributed by atoms with E-state index < -0.39 is 17.4 Å². The van der Waals surface area contributed by atoms with Crippen LogP contribution in [0.2, 0.25) is 0 Å². The second-order valence-electron chi connectivity index (χ2n) is 5.96. The Balaban J connectivity index is 2.13. The first-order chi connectivity index (χ1) is 10.8. The monoisotopic (exact) mass is 349 g/mol. The van der Waals surface area contributed by atoms with Gasteiger partial charge in [0.25, 0.3) is 5.91 Å². The summed E-state index contributed by atoms with van der Waals surface area (Å²) >= 11 is 2.96. The van der Waals surface area contributed by atoms with Crippen molar-refractivity contribution in [2.24, 2.45) is 0 Å². The van der Waals surface area contributed by atoms with Crippen molar-refractivity contribution in [1.82, 2.24) is 5.32 Å². The Labute approximate surface area is 143 Å². The van der Waals surface area contributed by atoms with Gasteiger partial charge in [-0.2, -0.15) is 0 Å². The number of rotatable bonds is 5. The van der Waals surface area contributed by atoms with Crippen LogP contribution < -0.4 is 5.32 Å².